The summed E-state index contributed by atoms with van der Waals surface area (Å²) >= 11 is 0. The number of aliphatic hydroxyl groups is 2. The molecule has 1 aromatic heterocycles. The highest BCUT2D eigenvalue weighted by atomic mass is 16.6. The third-order valence-corrected chi connectivity index (χ3v) is 5.51. The lowest BCUT2D eigenvalue weighted by Crippen LogP contribution is -2.35. The molecule has 31 heavy (non-hydrogen) atoms. The van der Waals surface area contributed by atoms with Gasteiger partial charge < -0.3 is 19.7 Å². The van der Waals surface area contributed by atoms with Crippen LogP contribution >= 0.6 is 0 Å². The number of nitrogens with zero attached hydrogens (tertiary/aromatic N) is 3. The van der Waals surface area contributed by atoms with E-state index < -0.39 is 22.5 Å². The monoisotopic (exact) mass is 441 g/mol. The van der Waals surface area contributed by atoms with Crippen molar-refractivity contribution in [3.63, 3.8) is 0 Å². The van der Waals surface area contributed by atoms with Gasteiger partial charge in [-0.05, 0) is 66.2 Å². The molecule has 0 radical (unpaired) electrons. The fraction of sp³-hybridized carbons (Fsp3) is 0.762. The first kappa shape index (κ1) is 23.3. The summed E-state index contributed by atoms with van der Waals surface area (Å²) in [5.74, 6) is -0.502. The minimum Gasteiger partial charge on any atom is -0.466 e. The van der Waals surface area contributed by atoms with Crippen LogP contribution in [0, 0.1) is 41.2 Å². The maximum Gasteiger partial charge on any atom is 0.351 e. The van der Waals surface area contributed by atoms with Gasteiger partial charge in [0.05, 0.1) is 23.0 Å². The van der Waals surface area contributed by atoms with Gasteiger partial charge in [0.25, 0.3) is 5.88 Å². The predicted octanol–water partition coefficient (Wildman–Crippen LogP) is 2.50. The molecule has 1 unspecified atom stereocenters. The molecule has 2 N–H and O–H groups in total. The summed E-state index contributed by atoms with van der Waals surface area (Å²) in [5.41, 5.74) is -0.767. The molecule has 1 saturated carbocycles. The van der Waals surface area contributed by atoms with Crippen molar-refractivity contribution in [2.75, 3.05) is 13.2 Å². The first-order valence-electron chi connectivity index (χ1n) is 11.0. The number of hydrogen-bond donors (Lipinski definition) is 2. The van der Waals surface area contributed by atoms with E-state index in [0.717, 1.165) is 0 Å². The van der Waals surface area contributed by atoms with Gasteiger partial charge in [-0.2, -0.15) is 4.98 Å². The first-order chi connectivity index (χ1) is 15.0. The summed E-state index contributed by atoms with van der Waals surface area (Å²) in [6.45, 7) is 8.83. The Bertz CT molecular complexity index is 815. The van der Waals surface area contributed by atoms with Crippen LogP contribution in [0.15, 0.2) is 0 Å². The van der Waals surface area contributed by atoms with Crippen LogP contribution in [0.25, 0.3) is 0 Å². The summed E-state index contributed by atoms with van der Waals surface area (Å²) in [6.07, 6.45) is 0.592. The smallest absolute Gasteiger partial charge is 0.351 e. The van der Waals surface area contributed by atoms with Gasteiger partial charge in [0.15, 0.2) is 0 Å². The van der Waals surface area contributed by atoms with Crippen LogP contribution in [0.3, 0.4) is 0 Å². The molecule has 0 bridgehead atoms. The Hall–Kier alpha value is -2.33. The number of esters is 1. The van der Waals surface area contributed by atoms with Crippen LogP contribution < -0.4 is 4.74 Å². The Morgan fingerprint density at radius 1 is 1.29 bits per heavy atom. The van der Waals surface area contributed by atoms with Crippen molar-refractivity contribution in [2.45, 2.75) is 72.5 Å². The van der Waals surface area contributed by atoms with Crippen LogP contribution in [-0.2, 0) is 9.53 Å². The quantitative estimate of drug-likeness (QED) is 0.242. The van der Waals surface area contributed by atoms with Gasteiger partial charge in [0.2, 0.25) is 1.43 Å². The molecule has 4 atom stereocenters. The summed E-state index contributed by atoms with van der Waals surface area (Å²) in [6, 6.07) is 0. The molecule has 0 saturated heterocycles. The number of aliphatic hydroxyl groups excluding tert-OH is 2. The molecule has 10 nitrogen and oxygen atoms in total. The SMILES string of the molecule is [3H]OCCCC1C[C@H](CCOC(=O)C(C)(C)C)[C@@H](Oc2nc(C)nc(C)c2[N+](=O)[O-])[C@H]1O. The highest BCUT2D eigenvalue weighted by molar-refractivity contribution is 5.75. The Morgan fingerprint density at radius 3 is 2.61 bits per heavy atom. The number of aromatic nitrogens is 2. The lowest BCUT2D eigenvalue weighted by Gasteiger charge is -2.24. The van der Waals surface area contributed by atoms with E-state index in [1.807, 2.05) is 0 Å². The highest BCUT2D eigenvalue weighted by Crippen LogP contribution is 2.40. The minimum absolute atomic E-state index is 0.137. The first-order valence-corrected chi connectivity index (χ1v) is 10.5. The molecule has 0 aliphatic heterocycles. The average molecular weight is 442 g/mol. The number of hydrogen-bond acceptors (Lipinski definition) is 9. The molecule has 0 aromatic carbocycles. The fourth-order valence-electron chi connectivity index (χ4n) is 3.91. The van der Waals surface area contributed by atoms with Crippen molar-refractivity contribution in [1.29, 1.82) is 1.43 Å². The van der Waals surface area contributed by atoms with E-state index in [4.69, 9.17) is 10.9 Å². The van der Waals surface area contributed by atoms with E-state index in [0.29, 0.717) is 31.5 Å². The molecular formula is C21H33N3O7. The van der Waals surface area contributed by atoms with E-state index in [9.17, 15) is 20.0 Å². The van der Waals surface area contributed by atoms with Gasteiger partial charge in [0.1, 0.15) is 17.6 Å². The van der Waals surface area contributed by atoms with E-state index in [1.54, 1.807) is 27.7 Å². The maximum atomic E-state index is 12.1. The van der Waals surface area contributed by atoms with Crippen LogP contribution in [-0.4, -0.2) is 57.9 Å². The molecule has 174 valence electrons. The zero-order valence-corrected chi connectivity index (χ0v) is 18.8. The lowest BCUT2D eigenvalue weighted by atomic mass is 9.97. The summed E-state index contributed by atoms with van der Waals surface area (Å²) < 4.78 is 18.2. The standard InChI is InChI=1S/C21H33N3O7/c1-12-16(24(28)29)19(23-13(2)22-12)31-18-15(8-10-30-20(27)21(3,4)5)11-14(17(18)26)7-6-9-25/h14-15,17-18,25-26H,6-11H2,1-5H3/t14?,15-,17-,18+/m0/s1/i25T. The molecule has 10 heteroatoms. The second-order valence-corrected chi connectivity index (χ2v) is 9.12. The van der Waals surface area contributed by atoms with Gasteiger partial charge in [-0.3, -0.25) is 14.9 Å². The predicted molar refractivity (Wildman–Crippen MR) is 112 cm³/mol. The second-order valence-electron chi connectivity index (χ2n) is 9.12. The molecule has 1 aromatic rings. The Morgan fingerprint density at radius 2 is 2.00 bits per heavy atom. The van der Waals surface area contributed by atoms with Gasteiger partial charge in [-0.15, -0.1) is 0 Å². The summed E-state index contributed by atoms with van der Waals surface area (Å²) in [5, 5.41) is 26.9. The average Bonchev–Trinajstić information content (AvgIpc) is 2.95. The highest BCUT2D eigenvalue weighted by Gasteiger charge is 2.45. The number of nitro groups is 1. The topological polar surface area (TPSA) is 145 Å². The van der Waals surface area contributed by atoms with E-state index in [2.05, 4.69) is 15.1 Å². The van der Waals surface area contributed by atoms with Crippen LogP contribution in [0.5, 0.6) is 5.88 Å². The minimum atomic E-state index is -0.890. The van der Waals surface area contributed by atoms with Gasteiger partial charge in [0, 0.05) is 12.5 Å². The zero-order valence-electron chi connectivity index (χ0n) is 19.8. The van der Waals surface area contributed by atoms with Crippen molar-refractivity contribution in [3.8, 4) is 5.88 Å². The molecule has 0 spiro atoms. The van der Waals surface area contributed by atoms with Gasteiger partial charge in [-0.1, -0.05) is 0 Å². The normalized spacial score (nSPS) is 24.0. The van der Waals surface area contributed by atoms with Crippen molar-refractivity contribution in [1.82, 2.24) is 9.97 Å². The van der Waals surface area contributed by atoms with Gasteiger partial charge >= 0.3 is 11.7 Å². The number of ether oxygens (including phenoxy) is 2. The zero-order chi connectivity index (χ0) is 24.1. The molecule has 1 aliphatic rings. The van der Waals surface area contributed by atoms with E-state index in [-0.39, 0.29) is 48.3 Å². The second kappa shape index (κ2) is 10.3. The number of carbonyl (C=O) groups excluding carboxylic acids is 1. The van der Waals surface area contributed by atoms with Crippen LogP contribution in [0.2, 0.25) is 0 Å². The molecule has 0 amide bonds. The van der Waals surface area contributed by atoms with Crippen molar-refractivity contribution >= 4 is 11.7 Å². The number of rotatable bonds is 10. The van der Waals surface area contributed by atoms with Crippen LogP contribution in [0.4, 0.5) is 5.69 Å². The maximum absolute atomic E-state index is 12.1. The largest absolute Gasteiger partial charge is 0.466 e. The van der Waals surface area contributed by atoms with Crippen molar-refractivity contribution < 1.29 is 29.4 Å². The third kappa shape index (κ3) is 6.33. The lowest BCUT2D eigenvalue weighted by molar-refractivity contribution is -0.387. The number of aryl methyl sites for hydroxylation is 2. The summed E-state index contributed by atoms with van der Waals surface area (Å²) in [7, 11) is 0. The molecule has 2 rings (SSSR count). The Balaban J connectivity index is 2.21. The molecular weight excluding hydrogens is 406 g/mol. The summed E-state index contributed by atoms with van der Waals surface area (Å²) in [4.78, 5) is 31.2. The van der Waals surface area contributed by atoms with Crippen molar-refractivity contribution in [2.24, 2.45) is 17.3 Å². The fourth-order valence-corrected chi connectivity index (χ4v) is 3.91. The van der Waals surface area contributed by atoms with E-state index >= 15 is 0 Å². The van der Waals surface area contributed by atoms with E-state index in [1.165, 1.54) is 6.92 Å². The van der Waals surface area contributed by atoms with Gasteiger partial charge in [-0.25, -0.2) is 4.98 Å². The molecule has 1 aliphatic carbocycles. The molecule has 1 fully saturated rings. The Kier molecular flexibility index (Phi) is 7.77. The van der Waals surface area contributed by atoms with Crippen molar-refractivity contribution in [3.05, 3.63) is 21.6 Å². The molecule has 1 heterocycles. The van der Waals surface area contributed by atoms with Crippen LogP contribution in [0.1, 0.15) is 58.0 Å². The Labute approximate surface area is 183 Å². The number of carbonyl (C=O) groups is 1. The third-order valence-electron chi connectivity index (χ3n) is 5.51.